The average Bonchev–Trinajstić information content (AvgIpc) is 3.14. The average molecular weight is 909 g/mol. The second-order valence-corrected chi connectivity index (χ2v) is 19.2. The summed E-state index contributed by atoms with van der Waals surface area (Å²) in [5.41, 5.74) is 0. The minimum absolute atomic E-state index is 0.218. The molecule has 4 rings (SSSR count). The summed E-state index contributed by atoms with van der Waals surface area (Å²) in [6.07, 6.45) is -5.77. The minimum atomic E-state index is -9.02. The van der Waals surface area contributed by atoms with E-state index in [4.69, 9.17) is 0 Å². The summed E-state index contributed by atoms with van der Waals surface area (Å²) in [6.45, 7) is 0. The van der Waals surface area contributed by atoms with E-state index >= 15 is 17.6 Å². The van der Waals surface area contributed by atoms with Crippen LogP contribution >= 0.6 is 10.3 Å². The van der Waals surface area contributed by atoms with Gasteiger partial charge in [-0.15, -0.1) is 0 Å². The monoisotopic (exact) mass is 908 g/mol. The lowest BCUT2D eigenvalue weighted by atomic mass is 9.91. The molecular weight excluding hydrogens is 884 g/mol. The van der Waals surface area contributed by atoms with Gasteiger partial charge < -0.3 is 0 Å². The van der Waals surface area contributed by atoms with Crippen LogP contribution in [0.3, 0.4) is 0 Å². The maximum Gasteiger partial charge on any atom is 0.460 e. The smallest absolute Gasteiger partial charge is 0.223 e. The molecule has 3 aromatic carbocycles. The van der Waals surface area contributed by atoms with Crippen molar-refractivity contribution in [1.82, 2.24) is 0 Å². The van der Waals surface area contributed by atoms with Crippen LogP contribution in [0, 0.1) is 0 Å². The molecule has 0 aliphatic heterocycles. The molecule has 1 fully saturated rings. The number of rotatable bonds is 14. The van der Waals surface area contributed by atoms with Gasteiger partial charge in [0.05, 0.1) is 10.1 Å². The van der Waals surface area contributed by atoms with Crippen molar-refractivity contribution in [2.45, 2.75) is 104 Å². The molecule has 0 unspecified atom stereocenters. The van der Waals surface area contributed by atoms with E-state index in [1.807, 2.05) is 0 Å². The molecule has 0 radical (unpaired) electrons. The fourth-order valence-electron chi connectivity index (χ4n) is 5.62. The van der Waals surface area contributed by atoms with E-state index in [1.54, 1.807) is 0 Å². The highest BCUT2D eigenvalue weighted by Gasteiger charge is 2.96. The highest BCUT2D eigenvalue weighted by atomic mass is 32.3. The number of hydrogen-bond acceptors (Lipinski definition) is 5. The molecule has 0 amide bonds. The van der Waals surface area contributed by atoms with E-state index in [2.05, 4.69) is 3.63 Å². The van der Waals surface area contributed by atoms with Crippen molar-refractivity contribution < 1.29 is 95.1 Å². The first kappa shape index (κ1) is 46.4. The van der Waals surface area contributed by atoms with Crippen molar-refractivity contribution in [3.05, 3.63) is 84.9 Å². The second kappa shape index (κ2) is 14.7. The third-order valence-corrected chi connectivity index (χ3v) is 16.3. The van der Waals surface area contributed by atoms with Crippen molar-refractivity contribution in [2.75, 3.05) is 0 Å². The maximum absolute atomic E-state index is 15.5. The van der Waals surface area contributed by atoms with E-state index in [9.17, 15) is 73.9 Å². The highest BCUT2D eigenvalue weighted by molar-refractivity contribution is 8.33. The first-order valence-corrected chi connectivity index (χ1v) is 20.2. The molecule has 0 heterocycles. The Morgan fingerprint density at radius 1 is 0.421 bits per heavy atom. The Hall–Kier alpha value is -3.32. The predicted octanol–water partition coefficient (Wildman–Crippen LogP) is 11.3. The SMILES string of the molecule is O=S(=O)(c1ccc(S(OS(=O)(=O)C(F)(F)C(F)(F)C(F)(F)C(F)(F)C(F)(F)C(F)(F)C(F)(F)C(F)(F)F)(c2ccccc2)c2ccccc2)cc1)C1CCCCC1. The normalized spacial score (nSPS) is 17.1. The van der Waals surface area contributed by atoms with Crippen LogP contribution in [-0.2, 0) is 23.6 Å². The Bertz CT molecular complexity index is 2070. The van der Waals surface area contributed by atoms with Crippen LogP contribution in [0.25, 0.3) is 0 Å². The zero-order valence-electron chi connectivity index (χ0n) is 27.9. The number of sulfone groups is 1. The van der Waals surface area contributed by atoms with Crippen LogP contribution in [0.2, 0.25) is 0 Å². The largest absolute Gasteiger partial charge is 0.460 e. The Morgan fingerprint density at radius 3 is 1.14 bits per heavy atom. The van der Waals surface area contributed by atoms with Crippen LogP contribution in [0.15, 0.2) is 105 Å². The molecule has 3 aromatic rings. The van der Waals surface area contributed by atoms with Crippen LogP contribution in [-0.4, -0.2) is 69.1 Å². The maximum atomic E-state index is 15.5. The van der Waals surface area contributed by atoms with Gasteiger partial charge in [0, 0.05) is 14.7 Å². The van der Waals surface area contributed by atoms with Crippen molar-refractivity contribution >= 4 is 30.3 Å². The quantitative estimate of drug-likeness (QED) is 0.151. The molecule has 0 bridgehead atoms. The zero-order chi connectivity index (χ0) is 43.5. The Kier molecular flexibility index (Phi) is 12.0. The molecule has 0 N–H and O–H groups in total. The van der Waals surface area contributed by atoms with Crippen molar-refractivity contribution in [3.63, 3.8) is 0 Å². The number of benzene rings is 3. The molecule has 0 atom stereocenters. The summed E-state index contributed by atoms with van der Waals surface area (Å²) in [4.78, 5) is -2.37. The van der Waals surface area contributed by atoms with E-state index in [-0.39, 0.29) is 12.8 Å². The minimum Gasteiger partial charge on any atom is -0.223 e. The van der Waals surface area contributed by atoms with Gasteiger partial charge in [-0.1, -0.05) is 55.7 Å². The zero-order valence-corrected chi connectivity index (χ0v) is 30.3. The summed E-state index contributed by atoms with van der Waals surface area (Å²) in [5, 5.41) is -8.88. The summed E-state index contributed by atoms with van der Waals surface area (Å²) >= 11 is 0. The topological polar surface area (TPSA) is 77.5 Å². The first-order chi connectivity index (χ1) is 25.7. The summed E-state index contributed by atoms with van der Waals surface area (Å²) in [6, 6.07) is 13.2. The molecule has 1 aliphatic rings. The standard InChI is InChI=1S/C32H25F17O5S3/c33-25(34,27(37,38)29(41,42)31(45,46)47)26(35,36)28(39,40)30(43,44)32(48,49)57(52,53)54-55(20-10-4-1-5-11-20,21-12-6-2-7-13-21)22-16-18-24(19-17-22)56(50,51)23-14-8-3-9-15-23/h1-2,4-7,10-13,16-19,23H,3,8-9,14-15H2. The Balaban J connectivity index is 1.93. The molecule has 0 saturated heterocycles. The van der Waals surface area contributed by atoms with Crippen molar-refractivity contribution in [3.8, 4) is 0 Å². The summed E-state index contributed by atoms with van der Waals surface area (Å²) in [7, 11) is -16.9. The van der Waals surface area contributed by atoms with Gasteiger partial charge in [0.25, 0.3) is 0 Å². The van der Waals surface area contributed by atoms with Gasteiger partial charge in [0.2, 0.25) is 0 Å². The van der Waals surface area contributed by atoms with Crippen LogP contribution in [0.1, 0.15) is 32.1 Å². The fraction of sp³-hybridized carbons (Fsp3) is 0.438. The number of halogens is 17. The molecule has 1 saturated carbocycles. The highest BCUT2D eigenvalue weighted by Crippen LogP contribution is 2.72. The van der Waals surface area contributed by atoms with E-state index < -0.39 is 102 Å². The van der Waals surface area contributed by atoms with Gasteiger partial charge in [-0.05, 0) is 71.7 Å². The lowest BCUT2D eigenvalue weighted by molar-refractivity contribution is -0.458. The van der Waals surface area contributed by atoms with E-state index in [0.29, 0.717) is 19.3 Å². The molecule has 0 aromatic heterocycles. The van der Waals surface area contributed by atoms with Gasteiger partial charge in [0.15, 0.2) is 9.84 Å². The van der Waals surface area contributed by atoms with Crippen LogP contribution in [0.4, 0.5) is 74.6 Å². The van der Waals surface area contributed by atoms with Crippen molar-refractivity contribution in [2.24, 2.45) is 0 Å². The first-order valence-electron chi connectivity index (χ1n) is 15.7. The van der Waals surface area contributed by atoms with Gasteiger partial charge >= 0.3 is 57.1 Å². The third-order valence-electron chi connectivity index (χ3n) is 8.82. The molecule has 5 nitrogen and oxygen atoms in total. The predicted molar refractivity (Wildman–Crippen MR) is 166 cm³/mol. The lowest BCUT2D eigenvalue weighted by Gasteiger charge is -2.43. The van der Waals surface area contributed by atoms with Gasteiger partial charge in [0.1, 0.15) is 0 Å². The molecule has 1 aliphatic carbocycles. The van der Waals surface area contributed by atoms with E-state index in [0.717, 1.165) is 72.8 Å². The summed E-state index contributed by atoms with van der Waals surface area (Å²) in [5.74, 6) is -52.7. The van der Waals surface area contributed by atoms with Crippen LogP contribution < -0.4 is 0 Å². The van der Waals surface area contributed by atoms with Crippen LogP contribution in [0.5, 0.6) is 0 Å². The number of alkyl halides is 17. The van der Waals surface area contributed by atoms with Gasteiger partial charge in [-0.2, -0.15) is 83.1 Å². The summed E-state index contributed by atoms with van der Waals surface area (Å²) < 4.78 is 297. The van der Waals surface area contributed by atoms with Gasteiger partial charge in [-0.25, -0.2) is 12.0 Å². The fourth-order valence-corrected chi connectivity index (χ4v) is 12.7. The molecular formula is C32H25F17O5S3. The molecule has 320 valence electrons. The van der Waals surface area contributed by atoms with Crippen molar-refractivity contribution in [1.29, 1.82) is 0 Å². The number of hydrogen-bond donors (Lipinski definition) is 0. The molecule has 25 heteroatoms. The molecule has 0 spiro atoms. The lowest BCUT2D eigenvalue weighted by Crippen LogP contribution is -2.75. The Labute approximate surface area is 313 Å². The Morgan fingerprint density at radius 2 is 0.754 bits per heavy atom. The van der Waals surface area contributed by atoms with E-state index in [1.165, 1.54) is 12.1 Å². The van der Waals surface area contributed by atoms with Gasteiger partial charge in [-0.3, -0.25) is 0 Å². The molecule has 57 heavy (non-hydrogen) atoms. The third kappa shape index (κ3) is 7.04. The second-order valence-electron chi connectivity index (χ2n) is 12.4.